The Balaban J connectivity index is 1.47. The molecule has 8 heteroatoms. The lowest BCUT2D eigenvalue weighted by atomic mass is 9.93. The van der Waals surface area contributed by atoms with E-state index in [0.717, 1.165) is 48.0 Å². The van der Waals surface area contributed by atoms with Crippen LogP contribution in [0, 0.1) is 0 Å². The predicted octanol–water partition coefficient (Wildman–Crippen LogP) is 3.42. The minimum absolute atomic E-state index is 0.349. The van der Waals surface area contributed by atoms with Crippen molar-refractivity contribution in [2.45, 2.75) is 37.8 Å². The first-order valence-electron chi connectivity index (χ1n) is 9.91. The van der Waals surface area contributed by atoms with Crippen LogP contribution in [0.2, 0.25) is 0 Å². The van der Waals surface area contributed by atoms with Crippen molar-refractivity contribution in [1.82, 2.24) is 24.0 Å². The van der Waals surface area contributed by atoms with Gasteiger partial charge < -0.3 is 19.2 Å². The summed E-state index contributed by atoms with van der Waals surface area (Å²) in [5.41, 5.74) is 3.83. The number of nitrogens with zero attached hydrogens (tertiary/aromatic N) is 5. The third-order valence-corrected chi connectivity index (χ3v) is 5.71. The zero-order chi connectivity index (χ0) is 19.8. The van der Waals surface area contributed by atoms with Crippen molar-refractivity contribution in [1.29, 1.82) is 0 Å². The number of aromatic nitrogens is 5. The van der Waals surface area contributed by atoms with Gasteiger partial charge in [0.15, 0.2) is 0 Å². The fourth-order valence-electron chi connectivity index (χ4n) is 4.13. The Bertz CT molecular complexity index is 1140. The second-order valence-corrected chi connectivity index (χ2v) is 7.43. The van der Waals surface area contributed by atoms with Crippen LogP contribution in [0.4, 0.5) is 5.95 Å². The van der Waals surface area contributed by atoms with Crippen LogP contribution in [0.1, 0.15) is 25.7 Å². The van der Waals surface area contributed by atoms with E-state index in [9.17, 15) is 0 Å². The molecule has 4 heterocycles. The van der Waals surface area contributed by atoms with Crippen molar-refractivity contribution in [3.8, 4) is 17.0 Å². The average molecular weight is 392 g/mol. The summed E-state index contributed by atoms with van der Waals surface area (Å²) in [7, 11) is 3.43. The molecule has 0 saturated heterocycles. The molecule has 5 rings (SSSR count). The first-order chi connectivity index (χ1) is 14.2. The molecule has 0 radical (unpaired) electrons. The zero-order valence-corrected chi connectivity index (χ0v) is 16.6. The van der Waals surface area contributed by atoms with Crippen molar-refractivity contribution in [3.05, 3.63) is 43.0 Å². The van der Waals surface area contributed by atoms with Crippen LogP contribution in [0.3, 0.4) is 0 Å². The van der Waals surface area contributed by atoms with Crippen LogP contribution in [-0.4, -0.2) is 50.3 Å². The molecule has 0 spiro atoms. The molecule has 1 aliphatic carbocycles. The SMILES string of the molecule is COc1nc(N[C@H]2CC[C@H](OC)CC2)nn2ccc(-c3ccc4nccn4c3)c12. The van der Waals surface area contributed by atoms with Crippen LogP contribution >= 0.6 is 0 Å². The molecule has 8 nitrogen and oxygen atoms in total. The minimum atomic E-state index is 0.349. The van der Waals surface area contributed by atoms with E-state index in [1.54, 1.807) is 20.4 Å². The number of hydrogen-bond acceptors (Lipinski definition) is 6. The van der Waals surface area contributed by atoms with Crippen LogP contribution in [0.15, 0.2) is 43.0 Å². The van der Waals surface area contributed by atoms with Crippen LogP contribution < -0.4 is 10.1 Å². The first kappa shape index (κ1) is 17.9. The van der Waals surface area contributed by atoms with E-state index in [1.165, 1.54) is 0 Å². The number of fused-ring (bicyclic) bond motifs is 2. The molecule has 1 aliphatic rings. The number of pyridine rings is 1. The van der Waals surface area contributed by atoms with E-state index >= 15 is 0 Å². The number of ether oxygens (including phenoxy) is 2. The second kappa shape index (κ2) is 7.36. The molecule has 0 unspecified atom stereocenters. The van der Waals surface area contributed by atoms with E-state index in [4.69, 9.17) is 9.47 Å². The first-order valence-corrected chi connectivity index (χ1v) is 9.91. The maximum Gasteiger partial charge on any atom is 0.244 e. The molecule has 29 heavy (non-hydrogen) atoms. The van der Waals surface area contributed by atoms with E-state index in [1.807, 2.05) is 33.4 Å². The van der Waals surface area contributed by atoms with Gasteiger partial charge in [-0.3, -0.25) is 0 Å². The monoisotopic (exact) mass is 392 g/mol. The van der Waals surface area contributed by atoms with Gasteiger partial charge in [0.2, 0.25) is 11.8 Å². The number of nitrogens with one attached hydrogen (secondary N) is 1. The molecule has 0 atom stereocenters. The highest BCUT2D eigenvalue weighted by atomic mass is 16.5. The standard InChI is InChI=1S/C21H24N6O2/c1-28-16-6-4-15(5-7-16)23-21-24-20(29-2)19-17(9-11-27(19)25-21)14-3-8-18-22-10-12-26(18)13-14/h3,8-13,15-16H,4-7H2,1-2H3,(H,23,25)/t15-,16-. The molecule has 4 aromatic heterocycles. The van der Waals surface area contributed by atoms with Crippen LogP contribution in [-0.2, 0) is 4.74 Å². The minimum Gasteiger partial charge on any atom is -0.479 e. The third kappa shape index (κ3) is 3.29. The lowest BCUT2D eigenvalue weighted by Gasteiger charge is -2.28. The molecule has 1 fully saturated rings. The highest BCUT2D eigenvalue weighted by Crippen LogP contribution is 2.32. The molecule has 1 N–H and O–H groups in total. The summed E-state index contributed by atoms with van der Waals surface area (Å²) in [5, 5.41) is 8.15. The molecule has 0 aromatic carbocycles. The Morgan fingerprint density at radius 2 is 1.93 bits per heavy atom. The molecule has 4 aromatic rings. The van der Waals surface area contributed by atoms with Gasteiger partial charge in [-0.05, 0) is 43.9 Å². The summed E-state index contributed by atoms with van der Waals surface area (Å²) < 4.78 is 14.9. The Labute approximate surface area is 168 Å². The highest BCUT2D eigenvalue weighted by molar-refractivity contribution is 5.84. The van der Waals surface area contributed by atoms with Gasteiger partial charge in [-0.25, -0.2) is 9.50 Å². The summed E-state index contributed by atoms with van der Waals surface area (Å²) in [5.74, 6) is 1.14. The summed E-state index contributed by atoms with van der Waals surface area (Å²) in [6.07, 6.45) is 12.3. The maximum absolute atomic E-state index is 5.63. The summed E-state index contributed by atoms with van der Waals surface area (Å²) in [6.45, 7) is 0. The van der Waals surface area contributed by atoms with Crippen molar-refractivity contribution in [2.24, 2.45) is 0 Å². The maximum atomic E-state index is 5.63. The van der Waals surface area contributed by atoms with Gasteiger partial charge >= 0.3 is 0 Å². The van der Waals surface area contributed by atoms with Crippen LogP contribution in [0.5, 0.6) is 5.88 Å². The fraction of sp³-hybridized carbons (Fsp3) is 0.381. The number of hydrogen-bond donors (Lipinski definition) is 1. The molecular weight excluding hydrogens is 368 g/mol. The Hall–Kier alpha value is -3.13. The van der Waals surface area contributed by atoms with Gasteiger partial charge in [0.1, 0.15) is 11.2 Å². The number of imidazole rings is 1. The fourth-order valence-corrected chi connectivity index (χ4v) is 4.13. The third-order valence-electron chi connectivity index (χ3n) is 5.71. The van der Waals surface area contributed by atoms with Gasteiger partial charge in [-0.2, -0.15) is 4.98 Å². The molecule has 150 valence electrons. The zero-order valence-electron chi connectivity index (χ0n) is 16.6. The lowest BCUT2D eigenvalue weighted by molar-refractivity contribution is 0.0681. The second-order valence-electron chi connectivity index (χ2n) is 7.43. The van der Waals surface area contributed by atoms with Crippen molar-refractivity contribution in [3.63, 3.8) is 0 Å². The predicted molar refractivity (Wildman–Crippen MR) is 110 cm³/mol. The smallest absolute Gasteiger partial charge is 0.244 e. The Morgan fingerprint density at radius 3 is 2.72 bits per heavy atom. The van der Waals surface area contributed by atoms with E-state index in [0.29, 0.717) is 24.0 Å². The highest BCUT2D eigenvalue weighted by Gasteiger charge is 2.22. The quantitative estimate of drug-likeness (QED) is 0.561. The molecule has 0 bridgehead atoms. The van der Waals surface area contributed by atoms with Gasteiger partial charge in [-0.1, -0.05) is 0 Å². The molecular formula is C21H24N6O2. The summed E-state index contributed by atoms with van der Waals surface area (Å²) >= 11 is 0. The van der Waals surface area contributed by atoms with Gasteiger partial charge in [0.25, 0.3) is 0 Å². The number of rotatable bonds is 5. The lowest BCUT2D eigenvalue weighted by Crippen LogP contribution is -2.30. The molecule has 1 saturated carbocycles. The Kier molecular flexibility index (Phi) is 4.55. The van der Waals surface area contributed by atoms with E-state index < -0.39 is 0 Å². The number of methoxy groups -OCH3 is 2. The summed E-state index contributed by atoms with van der Waals surface area (Å²) in [6, 6.07) is 6.44. The Morgan fingerprint density at radius 1 is 1.07 bits per heavy atom. The van der Waals surface area contributed by atoms with Crippen molar-refractivity contribution < 1.29 is 9.47 Å². The number of anilines is 1. The molecule has 0 amide bonds. The normalized spacial score (nSPS) is 19.7. The summed E-state index contributed by atoms with van der Waals surface area (Å²) in [4.78, 5) is 8.95. The topological polar surface area (TPSA) is 78.0 Å². The van der Waals surface area contributed by atoms with Gasteiger partial charge in [0, 0.05) is 49.1 Å². The van der Waals surface area contributed by atoms with Gasteiger partial charge in [-0.15, -0.1) is 5.10 Å². The average Bonchev–Trinajstić information content (AvgIpc) is 3.40. The largest absolute Gasteiger partial charge is 0.479 e. The van der Waals surface area contributed by atoms with E-state index in [-0.39, 0.29) is 0 Å². The van der Waals surface area contributed by atoms with Crippen molar-refractivity contribution in [2.75, 3.05) is 19.5 Å². The van der Waals surface area contributed by atoms with Gasteiger partial charge in [0.05, 0.1) is 13.2 Å². The molecule has 0 aliphatic heterocycles. The van der Waals surface area contributed by atoms with Crippen LogP contribution in [0.25, 0.3) is 22.3 Å². The van der Waals surface area contributed by atoms with Crippen molar-refractivity contribution >= 4 is 17.1 Å². The van der Waals surface area contributed by atoms with E-state index in [2.05, 4.69) is 32.6 Å².